The molecule has 2 aromatic carbocycles. The lowest BCUT2D eigenvalue weighted by molar-refractivity contribution is -0.116. The number of ether oxygens (including phenoxy) is 1. The van der Waals surface area contributed by atoms with E-state index in [0.29, 0.717) is 43.2 Å². The van der Waals surface area contributed by atoms with E-state index in [2.05, 4.69) is 48.7 Å². The molecule has 27 heavy (non-hydrogen) atoms. The Morgan fingerprint density at radius 3 is 2.41 bits per heavy atom. The number of methoxy groups -OCH3 is 1. The van der Waals surface area contributed by atoms with Gasteiger partial charge in [0, 0.05) is 20.1 Å². The third kappa shape index (κ3) is 6.53. The highest BCUT2D eigenvalue weighted by molar-refractivity contribution is 6.03. The van der Waals surface area contributed by atoms with Crippen LogP contribution >= 0.6 is 0 Å². The van der Waals surface area contributed by atoms with Crippen LogP contribution in [-0.2, 0) is 16.0 Å². The Hall–Kier alpha value is -2.66. The summed E-state index contributed by atoms with van der Waals surface area (Å²) in [4.78, 5) is 24.6. The highest BCUT2D eigenvalue weighted by atomic mass is 16.5. The minimum atomic E-state index is -0.229. The van der Waals surface area contributed by atoms with Crippen molar-refractivity contribution < 1.29 is 14.3 Å². The zero-order chi connectivity index (χ0) is 19.6. The van der Waals surface area contributed by atoms with Crippen LogP contribution in [0.4, 0.5) is 5.69 Å². The van der Waals surface area contributed by atoms with Crippen molar-refractivity contribution in [2.45, 2.75) is 32.6 Å². The smallest absolute Gasteiger partial charge is 0.253 e. The molecule has 0 heterocycles. The zero-order valence-corrected chi connectivity index (χ0v) is 16.2. The number of amides is 2. The highest BCUT2D eigenvalue weighted by Crippen LogP contribution is 2.17. The summed E-state index contributed by atoms with van der Waals surface area (Å²) in [7, 11) is 1.58. The second kappa shape index (κ2) is 10.5. The molecule has 0 atom stereocenters. The monoisotopic (exact) mass is 368 g/mol. The van der Waals surface area contributed by atoms with Gasteiger partial charge in [-0.3, -0.25) is 9.59 Å². The quantitative estimate of drug-likeness (QED) is 0.662. The van der Waals surface area contributed by atoms with E-state index < -0.39 is 0 Å². The van der Waals surface area contributed by atoms with E-state index in [1.165, 1.54) is 5.56 Å². The largest absolute Gasteiger partial charge is 0.383 e. The second-order valence-electron chi connectivity index (χ2n) is 6.74. The Morgan fingerprint density at radius 2 is 1.74 bits per heavy atom. The summed E-state index contributed by atoms with van der Waals surface area (Å²) < 4.78 is 4.93. The lowest BCUT2D eigenvalue weighted by Crippen LogP contribution is -2.28. The third-order valence-electron chi connectivity index (χ3n) is 4.32. The topological polar surface area (TPSA) is 67.4 Å². The van der Waals surface area contributed by atoms with Gasteiger partial charge in [-0.05, 0) is 35.6 Å². The number of aryl methyl sites for hydroxylation is 1. The molecule has 2 rings (SSSR count). The van der Waals surface area contributed by atoms with Gasteiger partial charge in [0.1, 0.15) is 0 Å². The number of carbonyl (C=O) groups is 2. The summed E-state index contributed by atoms with van der Waals surface area (Å²) in [5.74, 6) is 0.154. The maximum absolute atomic E-state index is 12.3. The van der Waals surface area contributed by atoms with Crippen molar-refractivity contribution in [3.8, 4) is 0 Å². The Kier molecular flexibility index (Phi) is 8.01. The number of nitrogens with one attached hydrogen (secondary N) is 2. The van der Waals surface area contributed by atoms with Gasteiger partial charge >= 0.3 is 0 Å². The minimum absolute atomic E-state index is 0.111. The van der Waals surface area contributed by atoms with E-state index in [9.17, 15) is 9.59 Å². The fourth-order valence-electron chi connectivity index (χ4n) is 2.69. The van der Waals surface area contributed by atoms with Gasteiger partial charge in [-0.1, -0.05) is 50.2 Å². The van der Waals surface area contributed by atoms with E-state index in [1.807, 2.05) is 0 Å². The van der Waals surface area contributed by atoms with Crippen LogP contribution in [-0.4, -0.2) is 32.1 Å². The summed E-state index contributed by atoms with van der Waals surface area (Å²) in [6, 6.07) is 15.4. The van der Waals surface area contributed by atoms with Gasteiger partial charge < -0.3 is 15.4 Å². The molecule has 5 nitrogen and oxygen atoms in total. The van der Waals surface area contributed by atoms with E-state index in [1.54, 1.807) is 31.4 Å². The second-order valence-corrected chi connectivity index (χ2v) is 6.74. The fraction of sp³-hybridized carbons (Fsp3) is 0.364. The molecule has 0 aliphatic carbocycles. The van der Waals surface area contributed by atoms with Crippen LogP contribution in [0.5, 0.6) is 0 Å². The lowest BCUT2D eigenvalue weighted by atomic mass is 10.0. The number of hydrogen-bond donors (Lipinski definition) is 2. The first-order valence-corrected chi connectivity index (χ1v) is 9.26. The Morgan fingerprint density at radius 1 is 1.04 bits per heavy atom. The maximum Gasteiger partial charge on any atom is 0.253 e. The molecule has 0 fully saturated rings. The van der Waals surface area contributed by atoms with Crippen LogP contribution in [0.2, 0.25) is 0 Å². The predicted molar refractivity (Wildman–Crippen MR) is 108 cm³/mol. The minimum Gasteiger partial charge on any atom is -0.383 e. The molecule has 0 saturated heterocycles. The number of hydrogen-bond acceptors (Lipinski definition) is 3. The first kappa shape index (κ1) is 20.6. The van der Waals surface area contributed by atoms with Crippen molar-refractivity contribution in [3.63, 3.8) is 0 Å². The van der Waals surface area contributed by atoms with Crippen LogP contribution in [0.3, 0.4) is 0 Å². The maximum atomic E-state index is 12.3. The molecule has 0 aliphatic heterocycles. The van der Waals surface area contributed by atoms with Gasteiger partial charge in [0.25, 0.3) is 5.91 Å². The average molecular weight is 368 g/mol. The Labute approximate surface area is 161 Å². The predicted octanol–water partition coefficient (Wildman–Crippen LogP) is 3.76. The standard InChI is InChI=1S/C22H28N2O3/c1-16(2)18-11-8-17(9-12-18)10-13-21(25)24-20-7-5-4-6-19(20)22(26)23-14-15-27-3/h4-9,11-12,16H,10,13-15H2,1-3H3,(H,23,26)(H,24,25). The highest BCUT2D eigenvalue weighted by Gasteiger charge is 2.12. The molecular weight excluding hydrogens is 340 g/mol. The molecule has 0 saturated carbocycles. The summed E-state index contributed by atoms with van der Waals surface area (Å²) in [6.45, 7) is 5.18. The van der Waals surface area contributed by atoms with Crippen molar-refractivity contribution in [1.29, 1.82) is 0 Å². The van der Waals surface area contributed by atoms with Crippen LogP contribution in [0.25, 0.3) is 0 Å². The molecule has 5 heteroatoms. The summed E-state index contributed by atoms with van der Waals surface area (Å²) in [6.07, 6.45) is 1.02. The van der Waals surface area contributed by atoms with Gasteiger partial charge in [-0.25, -0.2) is 0 Å². The van der Waals surface area contributed by atoms with E-state index in [0.717, 1.165) is 5.56 Å². The first-order chi connectivity index (χ1) is 13.0. The zero-order valence-electron chi connectivity index (χ0n) is 16.2. The Bertz CT molecular complexity index is 754. The summed E-state index contributed by atoms with van der Waals surface area (Å²) in [5.41, 5.74) is 3.38. The van der Waals surface area contributed by atoms with Crippen LogP contribution in [0.1, 0.15) is 47.7 Å². The molecule has 0 radical (unpaired) electrons. The number of para-hydroxylation sites is 1. The molecule has 0 aromatic heterocycles. The van der Waals surface area contributed by atoms with Crippen molar-refractivity contribution in [2.75, 3.05) is 25.6 Å². The molecule has 2 N–H and O–H groups in total. The average Bonchev–Trinajstić information content (AvgIpc) is 2.67. The SMILES string of the molecule is COCCNC(=O)c1ccccc1NC(=O)CCc1ccc(C(C)C)cc1. The number of benzene rings is 2. The molecule has 0 spiro atoms. The Balaban J connectivity index is 1.92. The van der Waals surface area contributed by atoms with Crippen molar-refractivity contribution >= 4 is 17.5 Å². The van der Waals surface area contributed by atoms with Gasteiger partial charge in [0.2, 0.25) is 5.91 Å². The van der Waals surface area contributed by atoms with Gasteiger partial charge in [-0.2, -0.15) is 0 Å². The molecule has 0 aliphatic rings. The number of anilines is 1. The van der Waals surface area contributed by atoms with Crippen LogP contribution in [0.15, 0.2) is 48.5 Å². The number of rotatable bonds is 9. The first-order valence-electron chi connectivity index (χ1n) is 9.26. The van der Waals surface area contributed by atoms with Gasteiger partial charge in [0.05, 0.1) is 17.9 Å². The van der Waals surface area contributed by atoms with Crippen LogP contribution in [0, 0.1) is 0 Å². The van der Waals surface area contributed by atoms with Crippen molar-refractivity contribution in [3.05, 3.63) is 65.2 Å². The normalized spacial score (nSPS) is 10.7. The summed E-state index contributed by atoms with van der Waals surface area (Å²) in [5, 5.41) is 5.62. The van der Waals surface area contributed by atoms with Gasteiger partial charge in [-0.15, -0.1) is 0 Å². The summed E-state index contributed by atoms with van der Waals surface area (Å²) >= 11 is 0. The molecule has 0 unspecified atom stereocenters. The van der Waals surface area contributed by atoms with E-state index in [4.69, 9.17) is 4.74 Å². The van der Waals surface area contributed by atoms with Gasteiger partial charge in [0.15, 0.2) is 0 Å². The molecular formula is C22H28N2O3. The van der Waals surface area contributed by atoms with E-state index >= 15 is 0 Å². The molecule has 0 bridgehead atoms. The van der Waals surface area contributed by atoms with Crippen LogP contribution < -0.4 is 10.6 Å². The van der Waals surface area contributed by atoms with E-state index in [-0.39, 0.29) is 11.8 Å². The molecule has 2 aromatic rings. The van der Waals surface area contributed by atoms with Crippen molar-refractivity contribution in [2.24, 2.45) is 0 Å². The van der Waals surface area contributed by atoms with Crippen molar-refractivity contribution in [1.82, 2.24) is 5.32 Å². The number of carbonyl (C=O) groups excluding carboxylic acids is 2. The lowest BCUT2D eigenvalue weighted by Gasteiger charge is -2.11. The molecule has 2 amide bonds. The molecule has 144 valence electrons. The third-order valence-corrected chi connectivity index (χ3v) is 4.32. The fourth-order valence-corrected chi connectivity index (χ4v) is 2.69.